The molecule has 4 aromatic rings. The van der Waals surface area contributed by atoms with Gasteiger partial charge in [0.15, 0.2) is 0 Å². The number of ether oxygens (including phenoxy) is 2. The highest BCUT2D eigenvalue weighted by atomic mass is 35.5. The molecule has 4 N–H and O–H groups in total. The van der Waals surface area contributed by atoms with Gasteiger partial charge >= 0.3 is 12.4 Å². The Morgan fingerprint density at radius 2 is 1.09 bits per heavy atom. The maximum Gasteiger partial charge on any atom is 0.418 e. The summed E-state index contributed by atoms with van der Waals surface area (Å²) in [7, 11) is 3.48. The lowest BCUT2D eigenvalue weighted by atomic mass is 9.74. The van der Waals surface area contributed by atoms with Crippen LogP contribution in [-0.2, 0) is 45.5 Å². The van der Waals surface area contributed by atoms with E-state index in [2.05, 4.69) is 30.8 Å². The van der Waals surface area contributed by atoms with Gasteiger partial charge in [0.25, 0.3) is 0 Å². The molecule has 0 spiro atoms. The average Bonchev–Trinajstić information content (AvgIpc) is 3.97. The van der Waals surface area contributed by atoms with Gasteiger partial charge < -0.3 is 30.3 Å². The van der Waals surface area contributed by atoms with E-state index < -0.39 is 106 Å². The van der Waals surface area contributed by atoms with Crippen LogP contribution in [0.2, 0.25) is 10.0 Å². The Hall–Kier alpha value is -4.34. The van der Waals surface area contributed by atoms with Crippen molar-refractivity contribution in [3.63, 3.8) is 0 Å². The topological polar surface area (TPSA) is 179 Å². The maximum absolute atomic E-state index is 13.1. The first-order valence-corrected chi connectivity index (χ1v) is 18.6. The minimum atomic E-state index is -4.67. The summed E-state index contributed by atoms with van der Waals surface area (Å²) in [6, 6.07) is 1.40. The first-order chi connectivity index (χ1) is 27.1. The zero-order chi connectivity index (χ0) is 42.2. The van der Waals surface area contributed by atoms with Crippen LogP contribution in [-0.4, -0.2) is 88.2 Å². The molecular weight excluding hydrogens is 825 g/mol. The molecule has 8 heterocycles. The molecule has 4 fully saturated rings. The van der Waals surface area contributed by atoms with E-state index in [0.717, 1.165) is 23.5 Å². The second-order valence-corrected chi connectivity index (χ2v) is 15.6. The molecule has 58 heavy (non-hydrogen) atoms. The van der Waals surface area contributed by atoms with E-state index in [1.54, 1.807) is 49.7 Å². The SMILES string of the molecule is Cc1nn(C)cc1C1[C@@H]2O[C@@H](C[C@H]2O)[C@H]1C(=O)Nc1cc(C(F)(F)F)c(Cl)cn1.Cc1nn(C)cc1[C@H]1[C@H]2O[C@H](C[C@@H]2O)[C@@H]1C(=O)Nc1cc(C(F)(F)F)c(Cl)cn1. The van der Waals surface area contributed by atoms with E-state index in [9.17, 15) is 46.1 Å². The summed E-state index contributed by atoms with van der Waals surface area (Å²) in [5.41, 5.74) is 0.760. The van der Waals surface area contributed by atoms with Gasteiger partial charge in [-0.3, -0.25) is 19.0 Å². The van der Waals surface area contributed by atoms with E-state index in [1.807, 2.05) is 0 Å². The number of carbonyl (C=O) groups excluding carboxylic acids is 2. The summed E-state index contributed by atoms with van der Waals surface area (Å²) in [5.74, 6) is -3.88. The van der Waals surface area contributed by atoms with Crippen molar-refractivity contribution < 1.29 is 55.6 Å². The summed E-state index contributed by atoms with van der Waals surface area (Å²) in [6.07, 6.45) is -7.26. The number of nitrogens with one attached hydrogen (secondary N) is 2. The molecule has 1 unspecified atom stereocenters. The fourth-order valence-electron chi connectivity index (χ4n) is 8.58. The van der Waals surface area contributed by atoms with E-state index in [4.69, 9.17) is 32.7 Å². The Morgan fingerprint density at radius 3 is 1.40 bits per heavy atom. The zero-order valence-corrected chi connectivity index (χ0v) is 32.4. The number of carbonyl (C=O) groups is 2. The average molecular weight is 862 g/mol. The van der Waals surface area contributed by atoms with E-state index in [-0.39, 0.29) is 24.5 Å². The molecule has 14 nitrogen and oxygen atoms in total. The van der Waals surface area contributed by atoms with E-state index in [1.165, 1.54) is 0 Å². The molecule has 4 bridgehead atoms. The van der Waals surface area contributed by atoms with Crippen LogP contribution in [0.25, 0.3) is 0 Å². The highest BCUT2D eigenvalue weighted by Gasteiger charge is 2.59. The molecule has 4 aliphatic rings. The molecule has 0 aliphatic carbocycles. The van der Waals surface area contributed by atoms with Crippen LogP contribution in [0.4, 0.5) is 38.0 Å². The van der Waals surface area contributed by atoms with Gasteiger partial charge in [-0.2, -0.15) is 36.5 Å². The van der Waals surface area contributed by atoms with Crippen LogP contribution in [0.15, 0.2) is 36.9 Å². The van der Waals surface area contributed by atoms with E-state index >= 15 is 0 Å². The van der Waals surface area contributed by atoms with Crippen molar-refractivity contribution in [3.05, 3.63) is 80.6 Å². The summed E-state index contributed by atoms with van der Waals surface area (Å²) >= 11 is 11.2. The number of nitrogens with zero attached hydrogens (tertiary/aromatic N) is 6. The number of hydrogen-bond acceptors (Lipinski definition) is 10. The lowest BCUT2D eigenvalue weighted by Crippen LogP contribution is -2.41. The van der Waals surface area contributed by atoms with Gasteiger partial charge in [0.1, 0.15) is 11.6 Å². The number of anilines is 2. The Kier molecular flexibility index (Phi) is 11.1. The van der Waals surface area contributed by atoms with Crippen molar-refractivity contribution in [1.29, 1.82) is 0 Å². The van der Waals surface area contributed by atoms with Gasteiger partial charge in [0, 0.05) is 63.6 Å². The molecule has 22 heteroatoms. The number of halogens is 8. The number of aryl methyl sites for hydroxylation is 4. The number of amides is 2. The standard InChI is InChI=1S/2C18H18ClF3N4O3/c2*1-7-8(6-26(2)25-7)14-15(12-4-11(27)16(14)29-12)17(28)24-13-3-9(18(20,21)22)10(19)5-23-13/h2*3,5-6,11-12,14-16,27H,4H2,1-2H3,(H,23,24,28)/t11-,12+,14?,15-,16-;11-,12+,14+,15-,16-/m10/s1. The minimum Gasteiger partial charge on any atom is -0.390 e. The van der Waals surface area contributed by atoms with Gasteiger partial charge in [-0.1, -0.05) is 23.2 Å². The Labute approximate surface area is 335 Å². The molecular formula is C36H36Cl2F6N8O6. The second-order valence-electron chi connectivity index (χ2n) is 14.7. The smallest absolute Gasteiger partial charge is 0.390 e. The third-order valence-corrected chi connectivity index (χ3v) is 11.5. The van der Waals surface area contributed by atoms with E-state index in [0.29, 0.717) is 23.5 Å². The number of alkyl halides is 6. The van der Waals surface area contributed by atoms with Gasteiger partial charge in [0.2, 0.25) is 11.8 Å². The molecule has 8 rings (SSSR count). The number of aliphatic hydroxyl groups is 2. The number of aromatic nitrogens is 6. The third kappa shape index (κ3) is 7.89. The van der Waals surface area contributed by atoms with Gasteiger partial charge in [0.05, 0.1) is 81.0 Å². The first kappa shape index (κ1) is 41.8. The minimum absolute atomic E-state index is 0.253. The van der Waals surface area contributed by atoms with Gasteiger partial charge in [-0.15, -0.1) is 0 Å². The summed E-state index contributed by atoms with van der Waals surface area (Å²) in [5, 5.41) is 32.9. The highest BCUT2D eigenvalue weighted by molar-refractivity contribution is 6.31. The molecule has 2 amide bonds. The number of rotatable bonds is 6. The fraction of sp³-hybridized carbons (Fsp3) is 0.500. The van der Waals surface area contributed by atoms with Crippen molar-refractivity contribution in [1.82, 2.24) is 29.5 Å². The largest absolute Gasteiger partial charge is 0.418 e. The van der Waals surface area contributed by atoms with Crippen molar-refractivity contribution in [2.75, 3.05) is 10.6 Å². The molecule has 0 aromatic carbocycles. The molecule has 0 saturated carbocycles. The van der Waals surface area contributed by atoms with Gasteiger partial charge in [-0.05, 0) is 37.1 Å². The van der Waals surface area contributed by atoms with Crippen LogP contribution in [0.3, 0.4) is 0 Å². The molecule has 4 aliphatic heterocycles. The molecule has 10 atom stereocenters. The molecule has 4 aromatic heterocycles. The normalized spacial score (nSPS) is 28.7. The maximum atomic E-state index is 13.1. The predicted molar refractivity (Wildman–Crippen MR) is 193 cm³/mol. The molecule has 4 saturated heterocycles. The van der Waals surface area contributed by atoms with Gasteiger partial charge in [-0.25, -0.2) is 9.97 Å². The number of hydrogen-bond donors (Lipinski definition) is 4. The van der Waals surface area contributed by atoms with Crippen molar-refractivity contribution >= 4 is 46.7 Å². The Morgan fingerprint density at radius 1 is 0.724 bits per heavy atom. The van der Waals surface area contributed by atoms with Crippen LogP contribution in [0, 0.1) is 25.7 Å². The van der Waals surface area contributed by atoms with Crippen LogP contribution < -0.4 is 10.6 Å². The summed E-state index contributed by atoms with van der Waals surface area (Å²) in [6.45, 7) is 3.58. The van der Waals surface area contributed by atoms with Crippen LogP contribution >= 0.6 is 23.2 Å². The van der Waals surface area contributed by atoms with Crippen LogP contribution in [0.5, 0.6) is 0 Å². The third-order valence-electron chi connectivity index (χ3n) is 10.9. The monoisotopic (exact) mass is 860 g/mol. The summed E-state index contributed by atoms with van der Waals surface area (Å²) < 4.78 is 93.3. The number of aliphatic hydroxyl groups excluding tert-OH is 2. The van der Waals surface area contributed by atoms with Crippen molar-refractivity contribution in [3.8, 4) is 0 Å². The fourth-order valence-corrected chi connectivity index (χ4v) is 9.01. The van der Waals surface area contributed by atoms with Crippen molar-refractivity contribution in [2.45, 2.75) is 87.5 Å². The zero-order valence-electron chi connectivity index (χ0n) is 30.9. The second kappa shape index (κ2) is 15.4. The number of fused-ring (bicyclic) bond motifs is 4. The lowest BCUT2D eigenvalue weighted by Gasteiger charge is -2.29. The van der Waals surface area contributed by atoms with Crippen molar-refractivity contribution in [2.24, 2.45) is 25.9 Å². The summed E-state index contributed by atoms with van der Waals surface area (Å²) in [4.78, 5) is 33.6. The van der Waals surface area contributed by atoms with Crippen LogP contribution in [0.1, 0.15) is 58.3 Å². The lowest BCUT2D eigenvalue weighted by molar-refractivity contribution is -0.138. The number of pyridine rings is 2. The molecule has 312 valence electrons. The Balaban J connectivity index is 0.000000177. The highest BCUT2D eigenvalue weighted by Crippen LogP contribution is 2.51. The first-order valence-electron chi connectivity index (χ1n) is 17.9. The Bertz CT molecular complexity index is 2080. The molecule has 0 radical (unpaired) electrons. The predicted octanol–water partition coefficient (Wildman–Crippen LogP) is 5.33. The quantitative estimate of drug-likeness (QED) is 0.185.